The lowest BCUT2D eigenvalue weighted by atomic mass is 10.0. The van der Waals surface area contributed by atoms with Gasteiger partial charge in [-0.25, -0.2) is 4.98 Å². The summed E-state index contributed by atoms with van der Waals surface area (Å²) in [5, 5.41) is 7.69. The Bertz CT molecular complexity index is 705. The third-order valence-corrected chi connectivity index (χ3v) is 3.98. The van der Waals surface area contributed by atoms with Crippen LogP contribution in [0.25, 0.3) is 10.9 Å². The van der Waals surface area contributed by atoms with E-state index >= 15 is 0 Å². The molecule has 3 nitrogen and oxygen atoms in total. The second kappa shape index (κ2) is 5.07. The van der Waals surface area contributed by atoms with Crippen LogP contribution in [0.5, 0.6) is 0 Å². The van der Waals surface area contributed by atoms with Crippen LogP contribution in [-0.2, 0) is 0 Å². The van der Waals surface area contributed by atoms with Gasteiger partial charge in [0.2, 0.25) is 0 Å². The molecule has 0 amide bonds. The Morgan fingerprint density at radius 1 is 1.26 bits per heavy atom. The Labute approximate surface area is 116 Å². The number of aromatic nitrogens is 2. The van der Waals surface area contributed by atoms with E-state index in [1.165, 1.54) is 5.56 Å². The fraction of sp³-hybridized carbons (Fsp3) is 0.200. The summed E-state index contributed by atoms with van der Waals surface area (Å²) in [6, 6.07) is 10.5. The Balaban J connectivity index is 2.06. The maximum Gasteiger partial charge on any atom is 0.0898 e. The zero-order valence-electron chi connectivity index (χ0n) is 10.9. The van der Waals surface area contributed by atoms with Crippen LogP contribution in [0.3, 0.4) is 0 Å². The molecule has 1 aromatic carbocycles. The Hall–Kier alpha value is -1.78. The Morgan fingerprint density at radius 3 is 2.89 bits per heavy atom. The van der Waals surface area contributed by atoms with Gasteiger partial charge in [0.05, 0.1) is 22.3 Å². The highest BCUT2D eigenvalue weighted by atomic mass is 32.1. The molecular formula is C15H15N3S. The number of thiazole rings is 1. The fourth-order valence-corrected chi connectivity index (χ4v) is 2.90. The molecule has 0 fully saturated rings. The predicted octanol–water partition coefficient (Wildman–Crippen LogP) is 3.31. The zero-order chi connectivity index (χ0) is 13.2. The minimum atomic E-state index is 0.122. The van der Waals surface area contributed by atoms with Crippen LogP contribution in [0.1, 0.15) is 22.3 Å². The highest BCUT2D eigenvalue weighted by molar-refractivity contribution is 7.09. The monoisotopic (exact) mass is 269 g/mol. The van der Waals surface area contributed by atoms with Crippen molar-refractivity contribution in [2.24, 2.45) is 0 Å². The molecule has 4 heteroatoms. The molecular weight excluding hydrogens is 254 g/mol. The molecule has 0 radical (unpaired) electrons. The van der Waals surface area contributed by atoms with E-state index < -0.39 is 0 Å². The first-order chi connectivity index (χ1) is 9.28. The first-order valence-corrected chi connectivity index (χ1v) is 7.10. The number of pyridine rings is 1. The second-order valence-electron chi connectivity index (χ2n) is 4.47. The van der Waals surface area contributed by atoms with Gasteiger partial charge in [0.1, 0.15) is 0 Å². The van der Waals surface area contributed by atoms with Gasteiger partial charge in [-0.3, -0.25) is 4.98 Å². The predicted molar refractivity (Wildman–Crippen MR) is 79.5 cm³/mol. The lowest BCUT2D eigenvalue weighted by molar-refractivity contribution is 0.674. The molecule has 0 saturated carbocycles. The summed E-state index contributed by atoms with van der Waals surface area (Å²) in [5.41, 5.74) is 3.28. The van der Waals surface area contributed by atoms with E-state index in [2.05, 4.69) is 44.9 Å². The average Bonchev–Trinajstić information content (AvgIpc) is 2.86. The molecule has 0 saturated heterocycles. The van der Waals surface area contributed by atoms with Crippen molar-refractivity contribution in [3.63, 3.8) is 0 Å². The molecule has 1 unspecified atom stereocenters. The lowest BCUT2D eigenvalue weighted by Crippen LogP contribution is -2.18. The SMILES string of the molecule is CNC(c1ccc2cccnc2c1)c1csc(C)n1. The van der Waals surface area contributed by atoms with Gasteiger partial charge in [0, 0.05) is 17.0 Å². The second-order valence-corrected chi connectivity index (χ2v) is 5.53. The molecule has 0 spiro atoms. The third-order valence-electron chi connectivity index (χ3n) is 3.18. The first kappa shape index (κ1) is 12.3. The number of nitrogens with zero attached hydrogens (tertiary/aromatic N) is 2. The maximum atomic E-state index is 4.57. The smallest absolute Gasteiger partial charge is 0.0898 e. The summed E-state index contributed by atoms with van der Waals surface area (Å²) in [7, 11) is 1.96. The van der Waals surface area contributed by atoms with Gasteiger partial charge in [-0.05, 0) is 31.7 Å². The van der Waals surface area contributed by atoms with Crippen molar-refractivity contribution in [2.75, 3.05) is 7.05 Å². The van der Waals surface area contributed by atoms with Crippen LogP contribution in [0.15, 0.2) is 41.9 Å². The number of aryl methyl sites for hydroxylation is 1. The highest BCUT2D eigenvalue weighted by Gasteiger charge is 2.15. The minimum Gasteiger partial charge on any atom is -0.308 e. The molecule has 0 aliphatic carbocycles. The van der Waals surface area contributed by atoms with Gasteiger partial charge in [-0.2, -0.15) is 0 Å². The van der Waals surface area contributed by atoms with E-state index in [0.717, 1.165) is 21.6 Å². The number of hydrogen-bond donors (Lipinski definition) is 1. The largest absolute Gasteiger partial charge is 0.308 e. The average molecular weight is 269 g/mol. The summed E-state index contributed by atoms with van der Waals surface area (Å²) in [6.45, 7) is 2.03. The Morgan fingerprint density at radius 2 is 2.16 bits per heavy atom. The molecule has 0 bridgehead atoms. The highest BCUT2D eigenvalue weighted by Crippen LogP contribution is 2.25. The fourth-order valence-electron chi connectivity index (χ4n) is 2.26. The van der Waals surface area contributed by atoms with Crippen LogP contribution in [0.4, 0.5) is 0 Å². The maximum absolute atomic E-state index is 4.57. The van der Waals surface area contributed by atoms with E-state index in [-0.39, 0.29) is 6.04 Å². The zero-order valence-corrected chi connectivity index (χ0v) is 11.7. The molecule has 2 aromatic heterocycles. The van der Waals surface area contributed by atoms with Crippen molar-refractivity contribution < 1.29 is 0 Å². The van der Waals surface area contributed by atoms with Gasteiger partial charge >= 0.3 is 0 Å². The van der Waals surface area contributed by atoms with Gasteiger partial charge < -0.3 is 5.32 Å². The summed E-state index contributed by atoms with van der Waals surface area (Å²) in [6.07, 6.45) is 1.83. The summed E-state index contributed by atoms with van der Waals surface area (Å²) in [5.74, 6) is 0. The number of nitrogens with one attached hydrogen (secondary N) is 1. The van der Waals surface area contributed by atoms with E-state index in [0.29, 0.717) is 0 Å². The molecule has 3 aromatic rings. The van der Waals surface area contributed by atoms with Crippen molar-refractivity contribution in [2.45, 2.75) is 13.0 Å². The van der Waals surface area contributed by atoms with Crippen molar-refractivity contribution in [3.8, 4) is 0 Å². The quantitative estimate of drug-likeness (QED) is 0.792. The summed E-state index contributed by atoms with van der Waals surface area (Å²) < 4.78 is 0. The summed E-state index contributed by atoms with van der Waals surface area (Å²) >= 11 is 1.68. The van der Waals surface area contributed by atoms with Crippen molar-refractivity contribution in [1.29, 1.82) is 0 Å². The van der Waals surface area contributed by atoms with Crippen molar-refractivity contribution >= 4 is 22.2 Å². The number of hydrogen-bond acceptors (Lipinski definition) is 4. The minimum absolute atomic E-state index is 0.122. The molecule has 2 heterocycles. The molecule has 1 N–H and O–H groups in total. The standard InChI is InChI=1S/C15H15N3S/c1-10-18-14(9-19-10)15(16-2)12-6-5-11-4-3-7-17-13(11)8-12/h3-9,15-16H,1-2H3. The first-order valence-electron chi connectivity index (χ1n) is 6.22. The van der Waals surface area contributed by atoms with Gasteiger partial charge in [0.15, 0.2) is 0 Å². The number of benzene rings is 1. The molecule has 19 heavy (non-hydrogen) atoms. The van der Waals surface area contributed by atoms with E-state index in [4.69, 9.17) is 0 Å². The number of fused-ring (bicyclic) bond motifs is 1. The van der Waals surface area contributed by atoms with Gasteiger partial charge in [-0.15, -0.1) is 11.3 Å². The van der Waals surface area contributed by atoms with Crippen LogP contribution in [0, 0.1) is 6.92 Å². The topological polar surface area (TPSA) is 37.8 Å². The third kappa shape index (κ3) is 2.37. The molecule has 96 valence electrons. The number of rotatable bonds is 3. The molecule has 0 aliphatic heterocycles. The van der Waals surface area contributed by atoms with Crippen LogP contribution in [-0.4, -0.2) is 17.0 Å². The van der Waals surface area contributed by atoms with Gasteiger partial charge in [-0.1, -0.05) is 18.2 Å². The molecule has 1 atom stereocenters. The van der Waals surface area contributed by atoms with E-state index in [1.807, 2.05) is 26.2 Å². The van der Waals surface area contributed by atoms with Crippen LogP contribution in [0.2, 0.25) is 0 Å². The summed E-state index contributed by atoms with van der Waals surface area (Å²) in [4.78, 5) is 8.99. The molecule has 3 rings (SSSR count). The van der Waals surface area contributed by atoms with Crippen LogP contribution >= 0.6 is 11.3 Å². The van der Waals surface area contributed by atoms with Crippen molar-refractivity contribution in [3.05, 3.63) is 58.2 Å². The lowest BCUT2D eigenvalue weighted by Gasteiger charge is -2.14. The normalized spacial score (nSPS) is 12.7. The van der Waals surface area contributed by atoms with E-state index in [1.54, 1.807) is 11.3 Å². The molecule has 0 aliphatic rings. The van der Waals surface area contributed by atoms with Gasteiger partial charge in [0.25, 0.3) is 0 Å². The van der Waals surface area contributed by atoms with Crippen LogP contribution < -0.4 is 5.32 Å². The van der Waals surface area contributed by atoms with E-state index in [9.17, 15) is 0 Å². The Kier molecular flexibility index (Phi) is 3.27. The van der Waals surface area contributed by atoms with Crippen molar-refractivity contribution in [1.82, 2.24) is 15.3 Å².